The lowest BCUT2D eigenvalue weighted by atomic mass is 9.71. The fraction of sp³-hybridized carbons (Fsp3) is 0.462. The molecular formula is C13H15NO. The standard InChI is InChI=1S/C13H15NO/c1-11-3-5-12(6-4-11)15-10-13(9-14)7-2-8-13/h3-6H,2,7-8,10H2,1H3. The van der Waals surface area contributed by atoms with Crippen LogP contribution in [-0.4, -0.2) is 6.61 Å². The Hall–Kier alpha value is -1.49. The highest BCUT2D eigenvalue weighted by atomic mass is 16.5. The quantitative estimate of drug-likeness (QED) is 0.753. The molecule has 1 fully saturated rings. The fourth-order valence-electron chi connectivity index (χ4n) is 1.75. The third-order valence-corrected chi connectivity index (χ3v) is 3.08. The van der Waals surface area contributed by atoms with Gasteiger partial charge in [0.05, 0.1) is 11.5 Å². The molecule has 1 aromatic rings. The molecule has 1 aromatic carbocycles. The van der Waals surface area contributed by atoms with Crippen molar-refractivity contribution in [3.05, 3.63) is 29.8 Å². The highest BCUT2D eigenvalue weighted by Crippen LogP contribution is 2.40. The van der Waals surface area contributed by atoms with Gasteiger partial charge in [0, 0.05) is 0 Å². The summed E-state index contributed by atoms with van der Waals surface area (Å²) >= 11 is 0. The van der Waals surface area contributed by atoms with Crippen LogP contribution in [0, 0.1) is 23.7 Å². The van der Waals surface area contributed by atoms with Crippen molar-refractivity contribution in [1.82, 2.24) is 0 Å². The van der Waals surface area contributed by atoms with Crippen molar-refractivity contribution >= 4 is 0 Å². The number of rotatable bonds is 3. The molecule has 78 valence electrons. The summed E-state index contributed by atoms with van der Waals surface area (Å²) in [5, 5.41) is 9.03. The second-order valence-electron chi connectivity index (χ2n) is 4.35. The van der Waals surface area contributed by atoms with E-state index >= 15 is 0 Å². The molecule has 0 atom stereocenters. The summed E-state index contributed by atoms with van der Waals surface area (Å²) in [6.45, 7) is 2.58. The highest BCUT2D eigenvalue weighted by Gasteiger charge is 2.38. The van der Waals surface area contributed by atoms with Crippen LogP contribution in [-0.2, 0) is 0 Å². The topological polar surface area (TPSA) is 33.0 Å². The molecule has 1 saturated carbocycles. The summed E-state index contributed by atoms with van der Waals surface area (Å²) in [6, 6.07) is 10.3. The number of ether oxygens (including phenoxy) is 1. The molecular weight excluding hydrogens is 186 g/mol. The first kappa shape index (κ1) is 10.0. The lowest BCUT2D eigenvalue weighted by Gasteiger charge is -2.34. The van der Waals surface area contributed by atoms with Crippen LogP contribution < -0.4 is 4.74 Å². The first-order chi connectivity index (χ1) is 7.24. The number of hydrogen-bond acceptors (Lipinski definition) is 2. The second kappa shape index (κ2) is 3.94. The van der Waals surface area contributed by atoms with Gasteiger partial charge in [0.2, 0.25) is 0 Å². The van der Waals surface area contributed by atoms with Crippen molar-refractivity contribution in [3.63, 3.8) is 0 Å². The molecule has 15 heavy (non-hydrogen) atoms. The molecule has 0 aromatic heterocycles. The van der Waals surface area contributed by atoms with Gasteiger partial charge in [0.15, 0.2) is 0 Å². The number of hydrogen-bond donors (Lipinski definition) is 0. The molecule has 2 rings (SSSR count). The Morgan fingerprint density at radius 1 is 1.33 bits per heavy atom. The molecule has 0 bridgehead atoms. The van der Waals surface area contributed by atoms with Crippen molar-refractivity contribution in [3.8, 4) is 11.8 Å². The van der Waals surface area contributed by atoms with Gasteiger partial charge in [-0.05, 0) is 31.9 Å². The van der Waals surface area contributed by atoms with Crippen molar-refractivity contribution < 1.29 is 4.74 Å². The maximum absolute atomic E-state index is 9.03. The lowest BCUT2D eigenvalue weighted by Crippen LogP contribution is -2.34. The predicted molar refractivity (Wildman–Crippen MR) is 58.6 cm³/mol. The summed E-state index contributed by atoms with van der Waals surface area (Å²) in [7, 11) is 0. The summed E-state index contributed by atoms with van der Waals surface area (Å²) in [5.74, 6) is 0.863. The van der Waals surface area contributed by atoms with E-state index in [0.717, 1.165) is 25.0 Å². The zero-order valence-corrected chi connectivity index (χ0v) is 8.99. The van der Waals surface area contributed by atoms with Crippen LogP contribution in [0.1, 0.15) is 24.8 Å². The van der Waals surface area contributed by atoms with E-state index in [1.54, 1.807) is 0 Å². The SMILES string of the molecule is Cc1ccc(OCC2(C#N)CCC2)cc1. The van der Waals surface area contributed by atoms with Gasteiger partial charge >= 0.3 is 0 Å². The van der Waals surface area contributed by atoms with E-state index in [-0.39, 0.29) is 5.41 Å². The van der Waals surface area contributed by atoms with E-state index in [4.69, 9.17) is 10.00 Å². The van der Waals surface area contributed by atoms with E-state index in [2.05, 4.69) is 6.07 Å². The van der Waals surface area contributed by atoms with Crippen LogP contribution in [0.2, 0.25) is 0 Å². The molecule has 0 radical (unpaired) electrons. The van der Waals surface area contributed by atoms with Gasteiger partial charge < -0.3 is 4.74 Å². The average molecular weight is 201 g/mol. The Kier molecular flexibility index (Phi) is 2.64. The van der Waals surface area contributed by atoms with Crippen LogP contribution in [0.4, 0.5) is 0 Å². The summed E-state index contributed by atoms with van der Waals surface area (Å²) in [4.78, 5) is 0. The van der Waals surface area contributed by atoms with Crippen LogP contribution >= 0.6 is 0 Å². The van der Waals surface area contributed by atoms with Gasteiger partial charge in [-0.1, -0.05) is 24.1 Å². The van der Waals surface area contributed by atoms with Crippen molar-refractivity contribution in [2.75, 3.05) is 6.61 Å². The molecule has 0 N–H and O–H groups in total. The third kappa shape index (κ3) is 2.12. The van der Waals surface area contributed by atoms with E-state index < -0.39 is 0 Å². The fourth-order valence-corrected chi connectivity index (χ4v) is 1.75. The molecule has 0 saturated heterocycles. The third-order valence-electron chi connectivity index (χ3n) is 3.08. The van der Waals surface area contributed by atoms with Crippen LogP contribution in [0.5, 0.6) is 5.75 Å². The van der Waals surface area contributed by atoms with Crippen molar-refractivity contribution in [2.24, 2.45) is 5.41 Å². The Bertz CT molecular complexity index is 371. The van der Waals surface area contributed by atoms with Gasteiger partial charge in [-0.25, -0.2) is 0 Å². The predicted octanol–water partition coefficient (Wildman–Crippen LogP) is 3.07. The number of benzene rings is 1. The number of nitriles is 1. The Morgan fingerprint density at radius 2 is 2.00 bits per heavy atom. The number of nitrogens with zero attached hydrogens (tertiary/aromatic N) is 1. The first-order valence-corrected chi connectivity index (χ1v) is 5.35. The molecule has 1 aliphatic rings. The van der Waals surface area contributed by atoms with Gasteiger partial charge in [-0.15, -0.1) is 0 Å². The smallest absolute Gasteiger partial charge is 0.119 e. The Morgan fingerprint density at radius 3 is 2.47 bits per heavy atom. The first-order valence-electron chi connectivity index (χ1n) is 5.35. The van der Waals surface area contributed by atoms with Crippen LogP contribution in [0.25, 0.3) is 0 Å². The van der Waals surface area contributed by atoms with E-state index in [0.29, 0.717) is 6.61 Å². The summed E-state index contributed by atoms with van der Waals surface area (Å²) in [6.07, 6.45) is 3.12. The average Bonchev–Trinajstić information content (AvgIpc) is 2.20. The largest absolute Gasteiger partial charge is 0.492 e. The van der Waals surface area contributed by atoms with E-state index in [1.807, 2.05) is 31.2 Å². The molecule has 1 aliphatic carbocycles. The molecule has 0 amide bonds. The van der Waals surface area contributed by atoms with Gasteiger partial charge in [-0.3, -0.25) is 0 Å². The van der Waals surface area contributed by atoms with Crippen molar-refractivity contribution in [1.29, 1.82) is 5.26 Å². The maximum atomic E-state index is 9.03. The van der Waals surface area contributed by atoms with Gasteiger partial charge in [0.1, 0.15) is 12.4 Å². The summed E-state index contributed by atoms with van der Waals surface area (Å²) in [5.41, 5.74) is 1.02. The van der Waals surface area contributed by atoms with E-state index in [1.165, 1.54) is 5.56 Å². The Labute approximate surface area is 90.5 Å². The minimum atomic E-state index is -0.203. The Balaban J connectivity index is 1.93. The highest BCUT2D eigenvalue weighted by molar-refractivity contribution is 5.26. The zero-order chi connectivity index (χ0) is 10.7. The minimum absolute atomic E-state index is 0.203. The monoisotopic (exact) mass is 201 g/mol. The summed E-state index contributed by atoms with van der Waals surface area (Å²) < 4.78 is 5.64. The molecule has 2 heteroatoms. The second-order valence-corrected chi connectivity index (χ2v) is 4.35. The molecule has 0 aliphatic heterocycles. The van der Waals surface area contributed by atoms with Gasteiger partial charge in [0.25, 0.3) is 0 Å². The van der Waals surface area contributed by atoms with Crippen LogP contribution in [0.3, 0.4) is 0 Å². The molecule has 0 heterocycles. The maximum Gasteiger partial charge on any atom is 0.119 e. The lowest BCUT2D eigenvalue weighted by molar-refractivity contribution is 0.115. The van der Waals surface area contributed by atoms with Gasteiger partial charge in [-0.2, -0.15) is 5.26 Å². The number of aryl methyl sites for hydroxylation is 1. The molecule has 0 spiro atoms. The molecule has 0 unspecified atom stereocenters. The van der Waals surface area contributed by atoms with Crippen molar-refractivity contribution in [2.45, 2.75) is 26.2 Å². The normalized spacial score (nSPS) is 17.6. The minimum Gasteiger partial charge on any atom is -0.492 e. The zero-order valence-electron chi connectivity index (χ0n) is 8.99. The molecule has 2 nitrogen and oxygen atoms in total. The van der Waals surface area contributed by atoms with Crippen LogP contribution in [0.15, 0.2) is 24.3 Å². The van der Waals surface area contributed by atoms with E-state index in [9.17, 15) is 0 Å².